The Hall–Kier alpha value is -2.47. The molecule has 3 nitrogen and oxygen atoms in total. The molecule has 0 saturated heterocycles. The molecule has 0 fully saturated rings. The van der Waals surface area contributed by atoms with Crippen LogP contribution in [0.4, 0.5) is 0 Å². The van der Waals surface area contributed by atoms with Crippen molar-refractivity contribution in [3.63, 3.8) is 0 Å². The van der Waals surface area contributed by atoms with Crippen molar-refractivity contribution in [2.75, 3.05) is 7.11 Å². The third-order valence-electron chi connectivity index (χ3n) is 3.40. The average Bonchev–Trinajstić information content (AvgIpc) is 2.55. The molecule has 0 radical (unpaired) electrons. The predicted octanol–water partition coefficient (Wildman–Crippen LogP) is 4.29. The Balaban J connectivity index is 2.25. The van der Waals surface area contributed by atoms with Gasteiger partial charge in [-0.25, -0.2) is 0 Å². The smallest absolute Gasteiger partial charge is 0.128 e. The summed E-state index contributed by atoms with van der Waals surface area (Å²) in [5, 5.41) is 9.28. The van der Waals surface area contributed by atoms with Gasteiger partial charge in [0.2, 0.25) is 0 Å². The van der Waals surface area contributed by atoms with Crippen molar-refractivity contribution < 1.29 is 9.47 Å². The second-order valence-corrected chi connectivity index (χ2v) is 4.77. The van der Waals surface area contributed by atoms with E-state index < -0.39 is 0 Å². The van der Waals surface area contributed by atoms with Crippen LogP contribution in [0.15, 0.2) is 48.5 Å². The van der Waals surface area contributed by atoms with E-state index in [2.05, 4.69) is 6.07 Å². The maximum atomic E-state index is 9.28. The van der Waals surface area contributed by atoms with Crippen LogP contribution in [0.25, 0.3) is 0 Å². The molecule has 0 aliphatic carbocycles. The van der Waals surface area contributed by atoms with Gasteiger partial charge in [0.15, 0.2) is 0 Å². The summed E-state index contributed by atoms with van der Waals surface area (Å²) in [6, 6.07) is 17.9. The molecule has 0 saturated carbocycles. The molecular formula is C18H19NO2. The fourth-order valence-electron chi connectivity index (χ4n) is 2.17. The first-order valence-electron chi connectivity index (χ1n) is 7.02. The zero-order chi connectivity index (χ0) is 15.1. The molecule has 1 atom stereocenters. The Labute approximate surface area is 125 Å². The minimum atomic E-state index is -0.165. The zero-order valence-electron chi connectivity index (χ0n) is 12.4. The van der Waals surface area contributed by atoms with Gasteiger partial charge >= 0.3 is 0 Å². The highest BCUT2D eigenvalue weighted by Crippen LogP contribution is 2.32. The summed E-state index contributed by atoms with van der Waals surface area (Å²) in [6.07, 6.45) is 0.754. The highest BCUT2D eigenvalue weighted by atomic mass is 16.5. The Kier molecular flexibility index (Phi) is 5.22. The second kappa shape index (κ2) is 7.35. The third kappa shape index (κ3) is 3.76. The van der Waals surface area contributed by atoms with Crippen molar-refractivity contribution in [3.8, 4) is 17.6 Å². The molecule has 0 N–H and O–H groups in total. The van der Waals surface area contributed by atoms with Crippen LogP contribution in [0.2, 0.25) is 0 Å². The van der Waals surface area contributed by atoms with Gasteiger partial charge in [0, 0.05) is 11.6 Å². The Morgan fingerprint density at radius 1 is 1.14 bits per heavy atom. The van der Waals surface area contributed by atoms with E-state index in [0.29, 0.717) is 12.4 Å². The van der Waals surface area contributed by atoms with Gasteiger partial charge in [0.25, 0.3) is 0 Å². The molecule has 3 heteroatoms. The number of hydrogen-bond donors (Lipinski definition) is 0. The molecule has 21 heavy (non-hydrogen) atoms. The van der Waals surface area contributed by atoms with Gasteiger partial charge in [-0.2, -0.15) is 5.26 Å². The van der Waals surface area contributed by atoms with Gasteiger partial charge in [-0.05, 0) is 18.1 Å². The standard InChI is InChI=1S/C18H19NO2/c1-3-15(12-19)17-10-9-16(20-2)11-18(17)21-13-14-7-5-4-6-8-14/h4-11,15H,3,13H2,1-2H3. The minimum Gasteiger partial charge on any atom is -0.497 e. The molecule has 0 heterocycles. The van der Waals surface area contributed by atoms with Crippen LogP contribution < -0.4 is 9.47 Å². The molecule has 1 unspecified atom stereocenters. The number of rotatable bonds is 6. The van der Waals surface area contributed by atoms with Gasteiger partial charge in [-0.1, -0.05) is 43.3 Å². The second-order valence-electron chi connectivity index (χ2n) is 4.77. The average molecular weight is 281 g/mol. The molecule has 2 aromatic carbocycles. The van der Waals surface area contributed by atoms with Crippen LogP contribution in [-0.2, 0) is 6.61 Å². The van der Waals surface area contributed by atoms with E-state index in [1.54, 1.807) is 7.11 Å². The van der Waals surface area contributed by atoms with E-state index >= 15 is 0 Å². The van der Waals surface area contributed by atoms with Gasteiger partial charge in [-0.3, -0.25) is 0 Å². The SMILES string of the molecule is CCC(C#N)c1ccc(OC)cc1OCc1ccccc1. The van der Waals surface area contributed by atoms with Crippen molar-refractivity contribution in [3.05, 3.63) is 59.7 Å². The van der Waals surface area contributed by atoms with E-state index in [-0.39, 0.29) is 5.92 Å². The molecule has 0 bridgehead atoms. The van der Waals surface area contributed by atoms with Crippen LogP contribution >= 0.6 is 0 Å². The number of nitrogens with zero attached hydrogens (tertiary/aromatic N) is 1. The number of benzene rings is 2. The first-order valence-corrected chi connectivity index (χ1v) is 7.02. The molecule has 0 aromatic heterocycles. The van der Waals surface area contributed by atoms with E-state index in [1.165, 1.54) is 0 Å². The van der Waals surface area contributed by atoms with E-state index in [4.69, 9.17) is 9.47 Å². The van der Waals surface area contributed by atoms with Crippen LogP contribution in [-0.4, -0.2) is 7.11 Å². The highest BCUT2D eigenvalue weighted by molar-refractivity contribution is 5.44. The first kappa shape index (κ1) is 14.9. The van der Waals surface area contributed by atoms with Gasteiger partial charge in [0.05, 0.1) is 19.1 Å². The lowest BCUT2D eigenvalue weighted by atomic mass is 9.97. The maximum Gasteiger partial charge on any atom is 0.128 e. The van der Waals surface area contributed by atoms with Gasteiger partial charge in [-0.15, -0.1) is 0 Å². The number of ether oxygens (including phenoxy) is 2. The maximum absolute atomic E-state index is 9.28. The molecule has 0 aliphatic heterocycles. The first-order chi connectivity index (χ1) is 10.3. The summed E-state index contributed by atoms with van der Waals surface area (Å²) < 4.78 is 11.2. The monoisotopic (exact) mass is 281 g/mol. The van der Waals surface area contributed by atoms with Crippen LogP contribution in [0.5, 0.6) is 11.5 Å². The largest absolute Gasteiger partial charge is 0.497 e. The van der Waals surface area contributed by atoms with E-state index in [0.717, 1.165) is 23.3 Å². The van der Waals surface area contributed by atoms with Gasteiger partial charge < -0.3 is 9.47 Å². The molecule has 2 aromatic rings. The highest BCUT2D eigenvalue weighted by Gasteiger charge is 2.15. The van der Waals surface area contributed by atoms with Crippen LogP contribution in [0, 0.1) is 11.3 Å². The summed E-state index contributed by atoms with van der Waals surface area (Å²) in [5.74, 6) is 1.28. The summed E-state index contributed by atoms with van der Waals surface area (Å²) in [7, 11) is 1.62. The van der Waals surface area contributed by atoms with Crippen molar-refractivity contribution in [1.82, 2.24) is 0 Å². The summed E-state index contributed by atoms with van der Waals surface area (Å²) in [6.45, 7) is 2.47. The zero-order valence-corrected chi connectivity index (χ0v) is 12.4. The molecule has 0 spiro atoms. The predicted molar refractivity (Wildman–Crippen MR) is 82.4 cm³/mol. The van der Waals surface area contributed by atoms with Crippen molar-refractivity contribution in [2.24, 2.45) is 0 Å². The topological polar surface area (TPSA) is 42.2 Å². The molecule has 0 amide bonds. The van der Waals surface area contributed by atoms with Gasteiger partial charge in [0.1, 0.15) is 18.1 Å². The van der Waals surface area contributed by atoms with Crippen molar-refractivity contribution in [2.45, 2.75) is 25.9 Å². The van der Waals surface area contributed by atoms with Crippen LogP contribution in [0.1, 0.15) is 30.4 Å². The lowest BCUT2D eigenvalue weighted by molar-refractivity contribution is 0.299. The van der Waals surface area contributed by atoms with E-state index in [1.807, 2.05) is 55.5 Å². The van der Waals surface area contributed by atoms with Crippen molar-refractivity contribution in [1.29, 1.82) is 5.26 Å². The Morgan fingerprint density at radius 3 is 2.52 bits per heavy atom. The molecular weight excluding hydrogens is 262 g/mol. The summed E-state index contributed by atoms with van der Waals surface area (Å²) in [4.78, 5) is 0. The molecule has 2 rings (SSSR count). The molecule has 0 aliphatic rings. The third-order valence-corrected chi connectivity index (χ3v) is 3.40. The van der Waals surface area contributed by atoms with E-state index in [9.17, 15) is 5.26 Å². The Morgan fingerprint density at radius 2 is 1.90 bits per heavy atom. The quantitative estimate of drug-likeness (QED) is 0.793. The fourth-order valence-corrected chi connectivity index (χ4v) is 2.17. The Bertz CT molecular complexity index is 617. The summed E-state index contributed by atoms with van der Waals surface area (Å²) in [5.41, 5.74) is 2.01. The number of methoxy groups -OCH3 is 1. The number of hydrogen-bond acceptors (Lipinski definition) is 3. The summed E-state index contributed by atoms with van der Waals surface area (Å²) >= 11 is 0. The minimum absolute atomic E-state index is 0.165. The number of nitriles is 1. The lowest BCUT2D eigenvalue weighted by Crippen LogP contribution is -2.02. The van der Waals surface area contributed by atoms with Crippen LogP contribution in [0.3, 0.4) is 0 Å². The normalized spacial score (nSPS) is 11.5. The van der Waals surface area contributed by atoms with Crippen molar-refractivity contribution >= 4 is 0 Å². The lowest BCUT2D eigenvalue weighted by Gasteiger charge is -2.15. The fraction of sp³-hybridized carbons (Fsp3) is 0.278. The molecule has 108 valence electrons.